The van der Waals surface area contributed by atoms with Crippen LogP contribution < -0.4 is 14.2 Å². The van der Waals surface area contributed by atoms with Crippen LogP contribution in [0.4, 0.5) is 17.6 Å². The van der Waals surface area contributed by atoms with Gasteiger partial charge in [0.05, 0.1) is 19.8 Å². The van der Waals surface area contributed by atoms with E-state index >= 15 is 0 Å². The average molecular weight is 527 g/mol. The Kier molecular flexibility index (Phi) is 5.98. The lowest BCUT2D eigenvalue weighted by molar-refractivity contribution is -0.137. The van der Waals surface area contributed by atoms with Gasteiger partial charge in [0.15, 0.2) is 11.5 Å². The number of halogens is 4. The van der Waals surface area contributed by atoms with Crippen LogP contribution in [0, 0.1) is 5.82 Å². The number of nitrogens with zero attached hydrogens (tertiary/aromatic N) is 1. The van der Waals surface area contributed by atoms with Crippen LogP contribution >= 0.6 is 0 Å². The third kappa shape index (κ3) is 4.24. The second-order valence-corrected chi connectivity index (χ2v) is 9.73. The molecule has 0 aliphatic carbocycles. The van der Waals surface area contributed by atoms with Crippen molar-refractivity contribution in [3.05, 3.63) is 87.9 Å². The Labute approximate surface area is 216 Å². The van der Waals surface area contributed by atoms with Gasteiger partial charge in [0, 0.05) is 41.3 Å². The van der Waals surface area contributed by atoms with E-state index in [1.807, 2.05) is 24.3 Å². The van der Waals surface area contributed by atoms with E-state index in [9.17, 15) is 17.6 Å². The van der Waals surface area contributed by atoms with E-state index in [4.69, 9.17) is 14.2 Å². The number of H-pyrrole nitrogens is 1. The molecule has 1 N–H and O–H groups in total. The van der Waals surface area contributed by atoms with E-state index in [0.29, 0.717) is 17.6 Å². The Morgan fingerprint density at radius 3 is 2.58 bits per heavy atom. The molecule has 38 heavy (non-hydrogen) atoms. The Balaban J connectivity index is 1.31. The molecule has 3 heterocycles. The monoisotopic (exact) mass is 526 g/mol. The number of aromatic amines is 1. The summed E-state index contributed by atoms with van der Waals surface area (Å²) in [6.07, 6.45) is -2.96. The number of methoxy groups -OCH3 is 2. The molecule has 2 aliphatic rings. The summed E-state index contributed by atoms with van der Waals surface area (Å²) in [6, 6.07) is 12.5. The third-order valence-electron chi connectivity index (χ3n) is 7.62. The Hall–Kier alpha value is -3.72. The van der Waals surface area contributed by atoms with E-state index < -0.39 is 17.6 Å². The second kappa shape index (κ2) is 9.23. The molecule has 6 rings (SSSR count). The van der Waals surface area contributed by atoms with Gasteiger partial charge in [0.25, 0.3) is 0 Å². The first-order valence-corrected chi connectivity index (χ1v) is 12.4. The van der Waals surface area contributed by atoms with Crippen molar-refractivity contribution in [2.24, 2.45) is 0 Å². The van der Waals surface area contributed by atoms with Gasteiger partial charge >= 0.3 is 6.18 Å². The molecule has 3 aromatic carbocycles. The van der Waals surface area contributed by atoms with Crippen molar-refractivity contribution in [3.8, 4) is 17.2 Å². The Morgan fingerprint density at radius 1 is 1.00 bits per heavy atom. The van der Waals surface area contributed by atoms with Gasteiger partial charge in [-0.05, 0) is 72.0 Å². The summed E-state index contributed by atoms with van der Waals surface area (Å²) in [7, 11) is 3.19. The molecule has 9 heteroatoms. The van der Waals surface area contributed by atoms with Crippen LogP contribution in [0.1, 0.15) is 39.6 Å². The normalized spacial score (nSPS) is 17.1. The third-order valence-corrected chi connectivity index (χ3v) is 7.62. The summed E-state index contributed by atoms with van der Waals surface area (Å²) >= 11 is 0. The fourth-order valence-electron chi connectivity index (χ4n) is 5.63. The zero-order chi connectivity index (χ0) is 26.6. The Morgan fingerprint density at radius 2 is 1.84 bits per heavy atom. The molecule has 1 unspecified atom stereocenters. The highest BCUT2D eigenvalue weighted by Gasteiger charge is 2.35. The van der Waals surface area contributed by atoms with Crippen molar-refractivity contribution in [3.63, 3.8) is 0 Å². The molecule has 198 valence electrons. The van der Waals surface area contributed by atoms with E-state index in [1.54, 1.807) is 7.11 Å². The first-order chi connectivity index (χ1) is 18.2. The largest absolute Gasteiger partial charge is 0.497 e. The summed E-state index contributed by atoms with van der Waals surface area (Å²) in [4.78, 5) is 6.00. The van der Waals surface area contributed by atoms with Gasteiger partial charge in [-0.1, -0.05) is 6.07 Å². The van der Waals surface area contributed by atoms with Crippen LogP contribution in [0.25, 0.3) is 10.9 Å². The average Bonchev–Trinajstić information content (AvgIpc) is 3.26. The molecular weight excluding hydrogens is 500 g/mol. The minimum atomic E-state index is -4.61. The van der Waals surface area contributed by atoms with E-state index in [-0.39, 0.29) is 18.2 Å². The molecule has 2 aliphatic heterocycles. The SMILES string of the molecule is COc1ccc2[nH]c3c(c2c1)CC1c2cc(OCc4ccc(C(F)(F)F)cc4F)c(OC)cc2CCN1C3. The maximum Gasteiger partial charge on any atom is 0.416 e. The standard InChI is InChI=1S/C29H26F4N2O3/c1-36-19-5-6-24-21(11-19)22-12-26-20-13-28(38-15-17-3-4-18(10-23(17)30)29(31,32)33)27(37-2)9-16(20)7-8-35(26)14-25(22)34-24/h3-6,9-11,13,26,34H,7-8,12,14-15H2,1-2H3. The minimum Gasteiger partial charge on any atom is -0.497 e. The zero-order valence-corrected chi connectivity index (χ0v) is 20.9. The van der Waals surface area contributed by atoms with Crippen molar-refractivity contribution in [1.82, 2.24) is 9.88 Å². The van der Waals surface area contributed by atoms with Crippen LogP contribution in [-0.4, -0.2) is 30.6 Å². The van der Waals surface area contributed by atoms with Gasteiger partial charge in [0.1, 0.15) is 18.2 Å². The van der Waals surface area contributed by atoms with Gasteiger partial charge < -0.3 is 19.2 Å². The van der Waals surface area contributed by atoms with E-state index in [2.05, 4.69) is 16.0 Å². The van der Waals surface area contributed by atoms with Crippen LogP contribution in [-0.2, 0) is 32.2 Å². The van der Waals surface area contributed by atoms with Gasteiger partial charge in [-0.3, -0.25) is 4.90 Å². The highest BCUT2D eigenvalue weighted by molar-refractivity contribution is 5.86. The van der Waals surface area contributed by atoms with Crippen molar-refractivity contribution < 1.29 is 31.8 Å². The number of nitrogens with one attached hydrogen (secondary N) is 1. The summed E-state index contributed by atoms with van der Waals surface area (Å²) < 4.78 is 70.1. The molecule has 0 bridgehead atoms. The maximum atomic E-state index is 14.4. The highest BCUT2D eigenvalue weighted by atomic mass is 19.4. The number of rotatable bonds is 5. The molecule has 0 spiro atoms. The van der Waals surface area contributed by atoms with Crippen molar-refractivity contribution in [2.75, 3.05) is 20.8 Å². The van der Waals surface area contributed by atoms with Crippen LogP contribution in [0.3, 0.4) is 0 Å². The fraction of sp³-hybridized carbons (Fsp3) is 0.310. The zero-order valence-electron chi connectivity index (χ0n) is 20.9. The molecule has 0 saturated carbocycles. The predicted molar refractivity (Wildman–Crippen MR) is 134 cm³/mol. The highest BCUT2D eigenvalue weighted by Crippen LogP contribution is 2.44. The van der Waals surface area contributed by atoms with Gasteiger partial charge in [-0.25, -0.2) is 4.39 Å². The van der Waals surface area contributed by atoms with Crippen molar-refractivity contribution >= 4 is 10.9 Å². The van der Waals surface area contributed by atoms with Crippen molar-refractivity contribution in [2.45, 2.75) is 38.2 Å². The van der Waals surface area contributed by atoms with Crippen LogP contribution in [0.5, 0.6) is 17.2 Å². The maximum absolute atomic E-state index is 14.4. The fourth-order valence-corrected chi connectivity index (χ4v) is 5.63. The molecule has 0 amide bonds. The van der Waals surface area contributed by atoms with Crippen LogP contribution in [0.2, 0.25) is 0 Å². The number of ether oxygens (including phenoxy) is 3. The first kappa shape index (κ1) is 24.6. The van der Waals surface area contributed by atoms with Crippen LogP contribution in [0.15, 0.2) is 48.5 Å². The number of aromatic nitrogens is 1. The molecular formula is C29H26F4N2O3. The number of fused-ring (bicyclic) bond motifs is 6. The predicted octanol–water partition coefficient (Wildman–Crippen LogP) is 6.58. The molecule has 4 aromatic rings. The molecule has 0 fully saturated rings. The number of hydrogen-bond acceptors (Lipinski definition) is 4. The van der Waals surface area contributed by atoms with E-state index in [1.165, 1.54) is 18.4 Å². The summed E-state index contributed by atoms with van der Waals surface area (Å²) in [5.74, 6) is 0.788. The van der Waals surface area contributed by atoms with Crippen molar-refractivity contribution in [1.29, 1.82) is 0 Å². The quantitative estimate of drug-likeness (QED) is 0.299. The number of alkyl halides is 3. The molecule has 1 atom stereocenters. The Bertz CT molecular complexity index is 1530. The molecule has 0 radical (unpaired) electrons. The summed E-state index contributed by atoms with van der Waals surface area (Å²) in [6.45, 7) is 1.46. The topological polar surface area (TPSA) is 46.7 Å². The number of hydrogen-bond donors (Lipinski definition) is 1. The lowest BCUT2D eigenvalue weighted by Gasteiger charge is -2.40. The molecule has 5 nitrogen and oxygen atoms in total. The minimum absolute atomic E-state index is 0.0365. The lowest BCUT2D eigenvalue weighted by atomic mass is 9.85. The summed E-state index contributed by atoms with van der Waals surface area (Å²) in [5, 5.41) is 1.15. The summed E-state index contributed by atoms with van der Waals surface area (Å²) in [5.41, 5.74) is 4.83. The van der Waals surface area contributed by atoms with Gasteiger partial charge in [-0.15, -0.1) is 0 Å². The second-order valence-electron chi connectivity index (χ2n) is 9.73. The van der Waals surface area contributed by atoms with Gasteiger partial charge in [-0.2, -0.15) is 13.2 Å². The smallest absolute Gasteiger partial charge is 0.416 e. The molecule has 0 saturated heterocycles. The lowest BCUT2D eigenvalue weighted by Crippen LogP contribution is -2.39. The first-order valence-electron chi connectivity index (χ1n) is 12.4. The van der Waals surface area contributed by atoms with Gasteiger partial charge in [0.2, 0.25) is 0 Å². The molecule has 1 aromatic heterocycles. The van der Waals surface area contributed by atoms with E-state index in [0.717, 1.165) is 65.8 Å². The number of benzene rings is 3.